The highest BCUT2D eigenvalue weighted by molar-refractivity contribution is 4.77. The molecule has 0 bridgehead atoms. The van der Waals surface area contributed by atoms with Gasteiger partial charge in [0, 0.05) is 0 Å². The van der Waals surface area contributed by atoms with Crippen molar-refractivity contribution in [2.24, 2.45) is 17.3 Å². The third-order valence-electron chi connectivity index (χ3n) is 2.70. The van der Waals surface area contributed by atoms with E-state index in [1.54, 1.807) is 0 Å². The molecule has 0 aromatic heterocycles. The molecular formula is C11H22. The number of rotatable bonds is 1. The summed E-state index contributed by atoms with van der Waals surface area (Å²) in [6.07, 6.45) is 5.87. The van der Waals surface area contributed by atoms with Crippen LogP contribution < -0.4 is 0 Å². The van der Waals surface area contributed by atoms with Crippen molar-refractivity contribution in [3.8, 4) is 0 Å². The maximum atomic E-state index is 2.39. The SMILES string of the molecule is CC1CC[C@H](CC(C)(C)C)C1. The molecule has 1 aliphatic rings. The van der Waals surface area contributed by atoms with Gasteiger partial charge in [-0.3, -0.25) is 0 Å². The van der Waals surface area contributed by atoms with Crippen molar-refractivity contribution >= 4 is 0 Å². The Balaban J connectivity index is 2.29. The normalized spacial score (nSPS) is 32.7. The van der Waals surface area contributed by atoms with Gasteiger partial charge in [0.2, 0.25) is 0 Å². The molecule has 0 aromatic rings. The molecule has 11 heavy (non-hydrogen) atoms. The highest BCUT2D eigenvalue weighted by Gasteiger charge is 2.25. The molecule has 1 rings (SSSR count). The third-order valence-corrected chi connectivity index (χ3v) is 2.70. The second kappa shape index (κ2) is 3.16. The molecule has 0 N–H and O–H groups in total. The largest absolute Gasteiger partial charge is 0.0625 e. The Labute approximate surface area is 71.4 Å². The van der Waals surface area contributed by atoms with Gasteiger partial charge >= 0.3 is 0 Å². The lowest BCUT2D eigenvalue weighted by atomic mass is 9.84. The lowest BCUT2D eigenvalue weighted by molar-refractivity contribution is 0.293. The molecule has 1 fully saturated rings. The molecular weight excluding hydrogens is 132 g/mol. The van der Waals surface area contributed by atoms with Crippen LogP contribution in [0.4, 0.5) is 0 Å². The van der Waals surface area contributed by atoms with Gasteiger partial charge in [-0.25, -0.2) is 0 Å². The molecule has 2 atom stereocenters. The van der Waals surface area contributed by atoms with E-state index in [4.69, 9.17) is 0 Å². The van der Waals surface area contributed by atoms with Gasteiger partial charge in [-0.15, -0.1) is 0 Å². The molecule has 1 saturated carbocycles. The summed E-state index contributed by atoms with van der Waals surface area (Å²) >= 11 is 0. The first-order valence-corrected chi connectivity index (χ1v) is 4.97. The second-order valence-electron chi connectivity index (χ2n) is 5.55. The van der Waals surface area contributed by atoms with Crippen molar-refractivity contribution in [3.63, 3.8) is 0 Å². The van der Waals surface area contributed by atoms with Gasteiger partial charge in [-0.05, 0) is 30.1 Å². The predicted molar refractivity (Wildman–Crippen MR) is 50.6 cm³/mol. The van der Waals surface area contributed by atoms with Gasteiger partial charge in [-0.1, -0.05) is 40.5 Å². The fourth-order valence-electron chi connectivity index (χ4n) is 2.38. The predicted octanol–water partition coefficient (Wildman–Crippen LogP) is 3.86. The monoisotopic (exact) mass is 154 g/mol. The molecule has 0 amide bonds. The summed E-state index contributed by atoms with van der Waals surface area (Å²) in [6.45, 7) is 9.46. The van der Waals surface area contributed by atoms with Crippen molar-refractivity contribution < 1.29 is 0 Å². The van der Waals surface area contributed by atoms with Crippen LogP contribution in [0, 0.1) is 17.3 Å². The molecule has 1 aliphatic carbocycles. The minimum absolute atomic E-state index is 0.550. The first-order chi connectivity index (χ1) is 4.97. The van der Waals surface area contributed by atoms with E-state index in [1.165, 1.54) is 25.7 Å². The summed E-state index contributed by atoms with van der Waals surface area (Å²) in [7, 11) is 0. The molecule has 0 radical (unpaired) electrons. The quantitative estimate of drug-likeness (QED) is 0.538. The smallest absolute Gasteiger partial charge is 0.0380 e. The average molecular weight is 154 g/mol. The van der Waals surface area contributed by atoms with Crippen molar-refractivity contribution in [2.75, 3.05) is 0 Å². The Morgan fingerprint density at radius 2 is 1.82 bits per heavy atom. The molecule has 66 valence electrons. The van der Waals surface area contributed by atoms with Crippen molar-refractivity contribution in [1.82, 2.24) is 0 Å². The first kappa shape index (κ1) is 9.09. The average Bonchev–Trinajstić information content (AvgIpc) is 2.10. The van der Waals surface area contributed by atoms with E-state index in [-0.39, 0.29) is 0 Å². The highest BCUT2D eigenvalue weighted by Crippen LogP contribution is 2.37. The van der Waals surface area contributed by atoms with Crippen LogP contribution in [-0.2, 0) is 0 Å². The Kier molecular flexibility index (Phi) is 2.61. The molecule has 1 unspecified atom stereocenters. The zero-order valence-electron chi connectivity index (χ0n) is 8.48. The molecule has 0 nitrogen and oxygen atoms in total. The minimum atomic E-state index is 0.550. The highest BCUT2D eigenvalue weighted by atomic mass is 14.3. The van der Waals surface area contributed by atoms with Gasteiger partial charge < -0.3 is 0 Å². The van der Waals surface area contributed by atoms with Crippen LogP contribution in [0.2, 0.25) is 0 Å². The van der Waals surface area contributed by atoms with E-state index in [9.17, 15) is 0 Å². The maximum absolute atomic E-state index is 2.39. The molecule has 0 aromatic carbocycles. The van der Waals surface area contributed by atoms with Crippen LogP contribution in [0.25, 0.3) is 0 Å². The summed E-state index contributed by atoms with van der Waals surface area (Å²) in [5.74, 6) is 2.03. The van der Waals surface area contributed by atoms with Crippen molar-refractivity contribution in [2.45, 2.75) is 53.4 Å². The summed E-state index contributed by atoms with van der Waals surface area (Å²) in [4.78, 5) is 0. The second-order valence-corrected chi connectivity index (χ2v) is 5.55. The topological polar surface area (TPSA) is 0 Å². The van der Waals surface area contributed by atoms with Crippen molar-refractivity contribution in [1.29, 1.82) is 0 Å². The lowest BCUT2D eigenvalue weighted by Gasteiger charge is -2.22. The molecule has 0 aliphatic heterocycles. The fourth-order valence-corrected chi connectivity index (χ4v) is 2.38. The fraction of sp³-hybridized carbons (Fsp3) is 1.00. The van der Waals surface area contributed by atoms with E-state index < -0.39 is 0 Å². The van der Waals surface area contributed by atoms with Crippen LogP contribution in [0.3, 0.4) is 0 Å². The molecule has 0 heterocycles. The van der Waals surface area contributed by atoms with Crippen LogP contribution in [0.15, 0.2) is 0 Å². The van der Waals surface area contributed by atoms with Gasteiger partial charge in [0.15, 0.2) is 0 Å². The number of hydrogen-bond acceptors (Lipinski definition) is 0. The molecule has 0 spiro atoms. The molecule has 0 saturated heterocycles. The van der Waals surface area contributed by atoms with Crippen LogP contribution in [0.5, 0.6) is 0 Å². The van der Waals surface area contributed by atoms with Gasteiger partial charge in [0.25, 0.3) is 0 Å². The van der Waals surface area contributed by atoms with Crippen LogP contribution in [0.1, 0.15) is 53.4 Å². The van der Waals surface area contributed by atoms with Crippen molar-refractivity contribution in [3.05, 3.63) is 0 Å². The Bertz CT molecular complexity index is 118. The zero-order valence-corrected chi connectivity index (χ0v) is 8.48. The van der Waals surface area contributed by atoms with Crippen LogP contribution in [-0.4, -0.2) is 0 Å². The third kappa shape index (κ3) is 3.27. The summed E-state index contributed by atoms with van der Waals surface area (Å²) in [5, 5.41) is 0. The van der Waals surface area contributed by atoms with Crippen LogP contribution >= 0.6 is 0 Å². The first-order valence-electron chi connectivity index (χ1n) is 4.97. The zero-order chi connectivity index (χ0) is 8.48. The van der Waals surface area contributed by atoms with E-state index in [2.05, 4.69) is 27.7 Å². The maximum Gasteiger partial charge on any atom is -0.0380 e. The Morgan fingerprint density at radius 1 is 1.18 bits per heavy atom. The van der Waals surface area contributed by atoms with E-state index >= 15 is 0 Å². The summed E-state index contributed by atoms with van der Waals surface area (Å²) in [6, 6.07) is 0. The lowest BCUT2D eigenvalue weighted by Crippen LogP contribution is -2.10. The summed E-state index contributed by atoms with van der Waals surface area (Å²) in [5.41, 5.74) is 0.550. The van der Waals surface area contributed by atoms with Gasteiger partial charge in [0.1, 0.15) is 0 Å². The van der Waals surface area contributed by atoms with E-state index in [1.807, 2.05) is 0 Å². The summed E-state index contributed by atoms with van der Waals surface area (Å²) < 4.78 is 0. The Hall–Kier alpha value is 0. The van der Waals surface area contributed by atoms with Gasteiger partial charge in [-0.2, -0.15) is 0 Å². The Morgan fingerprint density at radius 3 is 2.18 bits per heavy atom. The molecule has 0 heteroatoms. The number of hydrogen-bond donors (Lipinski definition) is 0. The van der Waals surface area contributed by atoms with E-state index in [0.717, 1.165) is 11.8 Å². The van der Waals surface area contributed by atoms with Gasteiger partial charge in [0.05, 0.1) is 0 Å². The minimum Gasteiger partial charge on any atom is -0.0625 e. The van der Waals surface area contributed by atoms with E-state index in [0.29, 0.717) is 5.41 Å². The standard InChI is InChI=1S/C11H22/c1-9-5-6-10(7-9)8-11(2,3)4/h9-10H,5-8H2,1-4H3/t9?,10-/m0/s1.